The van der Waals surface area contributed by atoms with E-state index in [2.05, 4.69) is 45.2 Å². The molecule has 0 aliphatic carbocycles. The van der Waals surface area contributed by atoms with Gasteiger partial charge in [0.25, 0.3) is 0 Å². The Morgan fingerprint density at radius 3 is 2.38 bits per heavy atom. The summed E-state index contributed by atoms with van der Waals surface area (Å²) < 4.78 is 7.20. The van der Waals surface area contributed by atoms with Crippen LogP contribution < -0.4 is 0 Å². The quantitative estimate of drug-likeness (QED) is 0.425. The molecule has 8 heavy (non-hydrogen) atoms. The van der Waals surface area contributed by atoms with E-state index in [1.165, 1.54) is 17.3 Å². The molecule has 0 aliphatic rings. The molecule has 0 saturated carbocycles. The van der Waals surface area contributed by atoms with Crippen molar-refractivity contribution in [3.63, 3.8) is 0 Å². The van der Waals surface area contributed by atoms with Gasteiger partial charge in [-0.15, -0.1) is 0 Å². The Hall–Kier alpha value is 1.42. The van der Waals surface area contributed by atoms with Gasteiger partial charge in [-0.3, -0.25) is 0 Å². The molecular weight excluding hydrogens is 330 g/mol. The number of rotatable bonds is 5. The van der Waals surface area contributed by atoms with Crippen molar-refractivity contribution >= 4 is 45.2 Å². The summed E-state index contributed by atoms with van der Waals surface area (Å²) in [7, 11) is 0. The summed E-state index contributed by atoms with van der Waals surface area (Å²) in [5.74, 6) is 0. The number of hydrogen-bond donors (Lipinski definition) is 0. The van der Waals surface area contributed by atoms with Crippen LogP contribution in [0.5, 0.6) is 0 Å². The van der Waals surface area contributed by atoms with Crippen molar-refractivity contribution in [1.29, 1.82) is 0 Å². The van der Waals surface area contributed by atoms with Gasteiger partial charge < -0.3 is 4.74 Å². The van der Waals surface area contributed by atoms with E-state index in [0.29, 0.717) is 0 Å². The smallest absolute Gasteiger partial charge is 0.0979 e. The van der Waals surface area contributed by atoms with Crippen LogP contribution in [0.25, 0.3) is 0 Å². The van der Waals surface area contributed by atoms with Crippen molar-refractivity contribution in [2.24, 2.45) is 0 Å². The fourth-order valence-electron chi connectivity index (χ4n) is 0.353. The second-order valence-electron chi connectivity index (χ2n) is 1.41. The Balaban J connectivity index is 2.53. The number of ether oxygens (including phenoxy) is 1. The van der Waals surface area contributed by atoms with Crippen molar-refractivity contribution in [2.75, 3.05) is 15.6 Å². The van der Waals surface area contributed by atoms with Gasteiger partial charge in [-0.1, -0.05) is 45.2 Å². The van der Waals surface area contributed by atoms with Gasteiger partial charge in [-0.05, 0) is 17.3 Å². The second kappa shape index (κ2) is 8.42. The van der Waals surface area contributed by atoms with Crippen molar-refractivity contribution in [3.8, 4) is 0 Å². The molecule has 0 bridgehead atoms. The van der Waals surface area contributed by atoms with E-state index in [9.17, 15) is 0 Å². The molecule has 0 N–H and O–H groups in total. The molecule has 0 unspecified atom stereocenters. The first kappa shape index (κ1) is 9.42. The van der Waals surface area contributed by atoms with Crippen LogP contribution in [0.3, 0.4) is 0 Å². The zero-order chi connectivity index (χ0) is 6.24. The van der Waals surface area contributed by atoms with Gasteiger partial charge in [0.1, 0.15) is 0 Å². The minimum absolute atomic E-state index is 0.832. The third-order valence-electron chi connectivity index (χ3n) is 0.749. The highest BCUT2D eigenvalue weighted by atomic mass is 127. The summed E-state index contributed by atoms with van der Waals surface area (Å²) in [4.78, 5) is 0. The van der Waals surface area contributed by atoms with E-state index in [1.807, 2.05) is 0 Å². The normalized spacial score (nSPS) is 9.75. The van der Waals surface area contributed by atoms with Crippen molar-refractivity contribution < 1.29 is 4.74 Å². The average Bonchev–Trinajstić information content (AvgIpc) is 1.81. The molecule has 0 aliphatic heterocycles. The van der Waals surface area contributed by atoms with Gasteiger partial charge >= 0.3 is 0 Å². The Kier molecular flexibility index (Phi) is 9.91. The molecule has 0 aromatic heterocycles. The molecule has 1 nitrogen and oxygen atoms in total. The summed E-state index contributed by atoms with van der Waals surface area (Å²) >= 11 is 4.60. The summed E-state index contributed by atoms with van der Waals surface area (Å²) in [6.07, 6.45) is 2.50. The Bertz CT molecular complexity index is 35.4. The maximum Gasteiger partial charge on any atom is 0.0979 e. The maximum absolute atomic E-state index is 5.12. The number of halogens is 2. The van der Waals surface area contributed by atoms with Crippen LogP contribution in [-0.2, 0) is 4.74 Å². The molecule has 0 fully saturated rings. The third kappa shape index (κ3) is 7.42. The molecular formula is C5H10I2O. The fourth-order valence-corrected chi connectivity index (χ4v) is 1.20. The molecule has 0 radical (unpaired) electrons. The first-order chi connectivity index (χ1) is 3.91. The lowest BCUT2D eigenvalue weighted by atomic mass is 10.4. The minimum atomic E-state index is 0.832. The molecule has 0 atom stereocenters. The van der Waals surface area contributed by atoms with Gasteiger partial charge in [0.2, 0.25) is 0 Å². The van der Waals surface area contributed by atoms with Crippen LogP contribution in [0.4, 0.5) is 0 Å². The number of alkyl halides is 2. The Labute approximate surface area is 77.8 Å². The molecule has 0 rings (SSSR count). The first-order valence-corrected chi connectivity index (χ1v) is 5.66. The van der Waals surface area contributed by atoms with Gasteiger partial charge in [0, 0.05) is 6.61 Å². The van der Waals surface area contributed by atoms with Crippen LogP contribution in [0.2, 0.25) is 0 Å². The monoisotopic (exact) mass is 340 g/mol. The summed E-state index contributed by atoms with van der Waals surface area (Å²) in [5.41, 5.74) is 0. The molecule has 0 aromatic carbocycles. The van der Waals surface area contributed by atoms with Crippen molar-refractivity contribution in [3.05, 3.63) is 0 Å². The predicted molar refractivity (Wildman–Crippen MR) is 53.0 cm³/mol. The van der Waals surface area contributed by atoms with E-state index in [-0.39, 0.29) is 0 Å². The summed E-state index contributed by atoms with van der Waals surface area (Å²) in [6, 6.07) is 0. The van der Waals surface area contributed by atoms with Crippen molar-refractivity contribution in [1.82, 2.24) is 0 Å². The highest BCUT2D eigenvalue weighted by molar-refractivity contribution is 14.1. The van der Waals surface area contributed by atoms with Gasteiger partial charge in [0.15, 0.2) is 0 Å². The highest BCUT2D eigenvalue weighted by Crippen LogP contribution is 1.95. The topological polar surface area (TPSA) is 9.23 Å². The van der Waals surface area contributed by atoms with E-state index < -0.39 is 0 Å². The van der Waals surface area contributed by atoms with Gasteiger partial charge in [0.05, 0.1) is 4.61 Å². The molecule has 0 spiro atoms. The lowest BCUT2D eigenvalue weighted by Crippen LogP contribution is -1.90. The molecule has 50 valence electrons. The van der Waals surface area contributed by atoms with Gasteiger partial charge in [-0.25, -0.2) is 0 Å². The molecule has 0 saturated heterocycles. The van der Waals surface area contributed by atoms with E-state index in [1.54, 1.807) is 0 Å². The van der Waals surface area contributed by atoms with Crippen LogP contribution in [0.1, 0.15) is 12.8 Å². The largest absolute Gasteiger partial charge is 0.371 e. The number of unbranched alkanes of at least 4 members (excludes halogenated alkanes) is 1. The zero-order valence-corrected chi connectivity index (χ0v) is 9.01. The van der Waals surface area contributed by atoms with Crippen LogP contribution >= 0.6 is 45.2 Å². The molecule has 0 aromatic rings. The molecule has 3 heteroatoms. The van der Waals surface area contributed by atoms with Crippen LogP contribution in [0.15, 0.2) is 0 Å². The zero-order valence-electron chi connectivity index (χ0n) is 4.70. The number of hydrogen-bond acceptors (Lipinski definition) is 1. The summed E-state index contributed by atoms with van der Waals surface area (Å²) in [5, 5.41) is 0. The fraction of sp³-hybridized carbons (Fsp3) is 1.00. The Morgan fingerprint density at radius 2 is 1.88 bits per heavy atom. The lowest BCUT2D eigenvalue weighted by Gasteiger charge is -1.95. The SMILES string of the molecule is ICCCCOCI. The maximum atomic E-state index is 5.12. The lowest BCUT2D eigenvalue weighted by molar-refractivity contribution is 0.187. The average molecular weight is 340 g/mol. The molecule has 0 heterocycles. The second-order valence-corrected chi connectivity index (χ2v) is 3.12. The minimum Gasteiger partial charge on any atom is -0.371 e. The first-order valence-electron chi connectivity index (χ1n) is 2.61. The van der Waals surface area contributed by atoms with Crippen molar-refractivity contribution in [2.45, 2.75) is 12.8 Å². The predicted octanol–water partition coefficient (Wildman–Crippen LogP) is 2.61. The highest BCUT2D eigenvalue weighted by Gasteiger charge is 1.83. The standard InChI is InChI=1S/C5H10I2O/c6-3-1-2-4-8-5-7/h1-5H2. The van der Waals surface area contributed by atoms with E-state index in [0.717, 1.165) is 11.2 Å². The third-order valence-corrected chi connectivity index (χ3v) is 1.95. The van der Waals surface area contributed by atoms with Crippen LogP contribution in [0, 0.1) is 0 Å². The summed E-state index contributed by atoms with van der Waals surface area (Å²) in [6.45, 7) is 0.936. The van der Waals surface area contributed by atoms with Gasteiger partial charge in [-0.2, -0.15) is 0 Å². The molecule has 0 amide bonds. The Morgan fingerprint density at radius 1 is 1.12 bits per heavy atom. The van der Waals surface area contributed by atoms with E-state index >= 15 is 0 Å². The van der Waals surface area contributed by atoms with Crippen LogP contribution in [-0.4, -0.2) is 15.6 Å². The van der Waals surface area contributed by atoms with E-state index in [4.69, 9.17) is 4.74 Å².